The Morgan fingerprint density at radius 2 is 1.83 bits per heavy atom. The van der Waals surface area contributed by atoms with Gasteiger partial charge in [0.05, 0.1) is 6.61 Å². The lowest BCUT2D eigenvalue weighted by Crippen LogP contribution is -2.26. The third-order valence-electron chi connectivity index (χ3n) is 8.47. The van der Waals surface area contributed by atoms with Crippen molar-refractivity contribution in [1.29, 1.82) is 0 Å². The summed E-state index contributed by atoms with van der Waals surface area (Å²) < 4.78 is 8.52. The molecular formula is C36H45N3O2. The molecule has 5 heteroatoms. The fourth-order valence-electron chi connectivity index (χ4n) is 6.17. The molecule has 0 radical (unpaired) electrons. The van der Waals surface area contributed by atoms with Gasteiger partial charge in [0.25, 0.3) is 5.91 Å². The first-order chi connectivity index (χ1) is 19.9. The summed E-state index contributed by atoms with van der Waals surface area (Å²) in [5.41, 5.74) is 9.41. The minimum atomic E-state index is -0.0371. The number of nitrogens with zero attached hydrogens (tertiary/aromatic N) is 2. The molecule has 5 nitrogen and oxygen atoms in total. The Bertz CT molecular complexity index is 1500. The fraction of sp³-hybridized carbons (Fsp3) is 0.417. The Kier molecular flexibility index (Phi) is 9.45. The summed E-state index contributed by atoms with van der Waals surface area (Å²) in [4.78, 5) is 15.9. The van der Waals surface area contributed by atoms with E-state index in [2.05, 4.69) is 85.1 Å². The molecule has 41 heavy (non-hydrogen) atoms. The molecule has 0 atom stereocenters. The first-order valence-electron chi connectivity index (χ1n) is 15.3. The standard InChI is InChI=1S/C36H45N3O2/c1-5-18-39-19-7-6-8-20-41-35-15-13-30(24-31(35)23-28-10-9-11-29(22-28)25-39)36(40)37-17-16-32-27(3)38(4)34-21-26(2)12-14-33(32)34/h9-15,21-22,24H,5-8,16-20,23,25H2,1-4H3,(H,37,40). The topological polar surface area (TPSA) is 46.5 Å². The van der Waals surface area contributed by atoms with Gasteiger partial charge in [0.15, 0.2) is 0 Å². The van der Waals surface area contributed by atoms with Gasteiger partial charge in [-0.1, -0.05) is 43.3 Å². The number of nitrogens with one attached hydrogen (secondary N) is 1. The number of carbonyl (C=O) groups is 1. The van der Waals surface area contributed by atoms with Crippen molar-refractivity contribution in [3.05, 3.63) is 99.7 Å². The molecule has 0 aliphatic carbocycles. The van der Waals surface area contributed by atoms with Gasteiger partial charge >= 0.3 is 0 Å². The number of aryl methyl sites for hydroxylation is 2. The molecule has 4 aromatic rings. The van der Waals surface area contributed by atoms with Gasteiger partial charge in [0.1, 0.15) is 5.75 Å². The molecule has 1 aliphatic heterocycles. The average Bonchev–Trinajstić information content (AvgIpc) is 3.19. The molecule has 0 saturated carbocycles. The number of carbonyl (C=O) groups excluding carboxylic acids is 1. The van der Waals surface area contributed by atoms with Crippen molar-refractivity contribution in [2.24, 2.45) is 7.05 Å². The van der Waals surface area contributed by atoms with E-state index in [1.807, 2.05) is 18.2 Å². The van der Waals surface area contributed by atoms with Crippen LogP contribution in [0, 0.1) is 13.8 Å². The Hall–Kier alpha value is -3.57. The van der Waals surface area contributed by atoms with Gasteiger partial charge in [-0.05, 0) is 111 Å². The predicted octanol–water partition coefficient (Wildman–Crippen LogP) is 7.13. The molecule has 0 spiro atoms. The van der Waals surface area contributed by atoms with Crippen LogP contribution in [0.3, 0.4) is 0 Å². The highest BCUT2D eigenvalue weighted by Crippen LogP contribution is 2.27. The zero-order chi connectivity index (χ0) is 28.8. The van der Waals surface area contributed by atoms with Gasteiger partial charge < -0.3 is 14.6 Å². The molecule has 3 aromatic carbocycles. The van der Waals surface area contributed by atoms with Crippen LogP contribution in [0.15, 0.2) is 60.7 Å². The lowest BCUT2D eigenvalue weighted by atomic mass is 9.99. The molecule has 0 unspecified atom stereocenters. The van der Waals surface area contributed by atoms with Crippen LogP contribution in [-0.4, -0.2) is 41.6 Å². The summed E-state index contributed by atoms with van der Waals surface area (Å²) in [6.07, 6.45) is 6.10. The Morgan fingerprint density at radius 3 is 2.68 bits per heavy atom. The molecule has 0 saturated heterocycles. The third-order valence-corrected chi connectivity index (χ3v) is 8.47. The first kappa shape index (κ1) is 28.9. The molecule has 1 amide bonds. The van der Waals surface area contributed by atoms with Gasteiger partial charge in [-0.25, -0.2) is 0 Å². The normalized spacial score (nSPS) is 14.7. The maximum Gasteiger partial charge on any atom is 0.251 e. The summed E-state index contributed by atoms with van der Waals surface area (Å²) >= 11 is 0. The molecule has 1 aromatic heterocycles. The van der Waals surface area contributed by atoms with Crippen LogP contribution >= 0.6 is 0 Å². The van der Waals surface area contributed by atoms with E-state index in [0.29, 0.717) is 18.7 Å². The summed E-state index contributed by atoms with van der Waals surface area (Å²) in [7, 11) is 2.12. The van der Waals surface area contributed by atoms with Crippen molar-refractivity contribution < 1.29 is 9.53 Å². The van der Waals surface area contributed by atoms with E-state index in [-0.39, 0.29) is 5.91 Å². The maximum absolute atomic E-state index is 13.3. The van der Waals surface area contributed by atoms with Gasteiger partial charge in [-0.2, -0.15) is 0 Å². The van der Waals surface area contributed by atoms with Gasteiger partial charge in [-0.15, -0.1) is 0 Å². The number of amides is 1. The number of hydrogen-bond donors (Lipinski definition) is 1. The lowest BCUT2D eigenvalue weighted by molar-refractivity contribution is 0.0954. The van der Waals surface area contributed by atoms with Crippen LogP contribution in [0.2, 0.25) is 0 Å². The smallest absolute Gasteiger partial charge is 0.251 e. The quantitative estimate of drug-likeness (QED) is 0.277. The second kappa shape index (κ2) is 13.4. The molecule has 1 N–H and O–H groups in total. The summed E-state index contributed by atoms with van der Waals surface area (Å²) in [5.74, 6) is 0.850. The number of fused-ring (bicyclic) bond motifs is 4. The number of aromatic nitrogens is 1. The Labute approximate surface area is 245 Å². The largest absolute Gasteiger partial charge is 0.493 e. The number of hydrogen-bond acceptors (Lipinski definition) is 3. The van der Waals surface area contributed by atoms with E-state index in [4.69, 9.17) is 4.74 Å². The number of rotatable bonds is 6. The van der Waals surface area contributed by atoms with Crippen LogP contribution in [0.5, 0.6) is 5.75 Å². The maximum atomic E-state index is 13.3. The molecule has 0 fully saturated rings. The fourth-order valence-corrected chi connectivity index (χ4v) is 6.17. The third kappa shape index (κ3) is 7.02. The number of ether oxygens (including phenoxy) is 1. The van der Waals surface area contributed by atoms with Crippen molar-refractivity contribution in [3.63, 3.8) is 0 Å². The van der Waals surface area contributed by atoms with Crippen LogP contribution in [0.1, 0.15) is 76.5 Å². The van der Waals surface area contributed by atoms with Crippen LogP contribution in [0.4, 0.5) is 0 Å². The van der Waals surface area contributed by atoms with E-state index < -0.39 is 0 Å². The minimum Gasteiger partial charge on any atom is -0.493 e. The highest BCUT2D eigenvalue weighted by Gasteiger charge is 2.15. The van der Waals surface area contributed by atoms with E-state index in [1.54, 1.807) is 0 Å². The lowest BCUT2D eigenvalue weighted by Gasteiger charge is -2.22. The second-order valence-corrected chi connectivity index (χ2v) is 11.7. The van der Waals surface area contributed by atoms with E-state index in [1.165, 1.54) is 51.7 Å². The second-order valence-electron chi connectivity index (χ2n) is 11.7. The van der Waals surface area contributed by atoms with E-state index in [9.17, 15) is 4.79 Å². The van der Waals surface area contributed by atoms with Crippen molar-refractivity contribution in [2.45, 2.75) is 65.8 Å². The van der Waals surface area contributed by atoms with Gasteiger partial charge in [0.2, 0.25) is 0 Å². The SMILES string of the molecule is CCCN1CCCCCOc2ccc(C(=O)NCCc3c(C)n(C)c4cc(C)ccc34)cc2Cc2cccc(c2)C1. The predicted molar refractivity (Wildman–Crippen MR) is 169 cm³/mol. The zero-order valence-electron chi connectivity index (χ0n) is 25.3. The van der Waals surface area contributed by atoms with Gasteiger partial charge in [0, 0.05) is 48.7 Å². The number of benzene rings is 3. The summed E-state index contributed by atoms with van der Waals surface area (Å²) in [6, 6.07) is 21.4. The van der Waals surface area contributed by atoms with Crippen molar-refractivity contribution >= 4 is 16.8 Å². The highest BCUT2D eigenvalue weighted by molar-refractivity contribution is 5.94. The van der Waals surface area contributed by atoms with Crippen molar-refractivity contribution in [1.82, 2.24) is 14.8 Å². The molecule has 2 heterocycles. The monoisotopic (exact) mass is 551 g/mol. The Morgan fingerprint density at radius 1 is 0.976 bits per heavy atom. The molecule has 2 bridgehead atoms. The van der Waals surface area contributed by atoms with Crippen molar-refractivity contribution in [2.75, 3.05) is 26.2 Å². The van der Waals surface area contributed by atoms with E-state index >= 15 is 0 Å². The van der Waals surface area contributed by atoms with Crippen LogP contribution < -0.4 is 10.1 Å². The van der Waals surface area contributed by atoms with Crippen LogP contribution in [0.25, 0.3) is 10.9 Å². The summed E-state index contributed by atoms with van der Waals surface area (Å²) in [5, 5.41) is 4.45. The zero-order valence-corrected chi connectivity index (χ0v) is 25.3. The highest BCUT2D eigenvalue weighted by atomic mass is 16.5. The Balaban J connectivity index is 1.32. The molecule has 216 valence electrons. The average molecular weight is 552 g/mol. The summed E-state index contributed by atoms with van der Waals surface area (Å²) in [6.45, 7) is 11.1. The first-order valence-corrected chi connectivity index (χ1v) is 15.3. The minimum absolute atomic E-state index is 0.0371. The molecule has 5 rings (SSSR count). The molecular weight excluding hydrogens is 506 g/mol. The molecule has 1 aliphatic rings. The van der Waals surface area contributed by atoms with Gasteiger partial charge in [-0.3, -0.25) is 9.69 Å². The van der Waals surface area contributed by atoms with Crippen LogP contribution in [-0.2, 0) is 26.4 Å². The van der Waals surface area contributed by atoms with Crippen molar-refractivity contribution in [3.8, 4) is 5.75 Å². The van der Waals surface area contributed by atoms with E-state index in [0.717, 1.165) is 56.6 Å².